The molecule has 1 aromatic carbocycles. The van der Waals surface area contributed by atoms with Crippen molar-refractivity contribution in [2.45, 2.75) is 32.9 Å². The van der Waals surface area contributed by atoms with E-state index in [0.29, 0.717) is 13.0 Å². The fraction of sp³-hybridized carbons (Fsp3) is 0.429. The molecule has 0 bridgehead atoms. The molecule has 1 amide bonds. The molecule has 0 aliphatic carbocycles. The molecular weight excluding hydrogens is 262 g/mol. The van der Waals surface area contributed by atoms with Crippen LogP contribution < -0.4 is 10.1 Å². The highest BCUT2D eigenvalue weighted by Gasteiger charge is 2.20. The number of benzene rings is 1. The minimum atomic E-state index is -1.22. The van der Waals surface area contributed by atoms with Gasteiger partial charge in [0.05, 0.1) is 6.61 Å². The lowest BCUT2D eigenvalue weighted by Crippen LogP contribution is -2.45. The van der Waals surface area contributed by atoms with E-state index in [0.717, 1.165) is 12.7 Å². The second kappa shape index (κ2) is 8.92. The lowest BCUT2D eigenvalue weighted by molar-refractivity contribution is -0.134. The van der Waals surface area contributed by atoms with Gasteiger partial charge in [0.25, 0.3) is 5.97 Å². The smallest absolute Gasteiger partial charge is 0.300 e. The zero-order valence-corrected chi connectivity index (χ0v) is 11.9. The van der Waals surface area contributed by atoms with Gasteiger partial charge in [0.1, 0.15) is 11.5 Å². The van der Waals surface area contributed by atoms with Gasteiger partial charge in [-0.05, 0) is 19.1 Å². The van der Waals surface area contributed by atoms with Crippen LogP contribution in [0.25, 0.3) is 0 Å². The minimum absolute atomic E-state index is 0.260. The van der Waals surface area contributed by atoms with Crippen LogP contribution in [0.3, 0.4) is 0 Å². The van der Waals surface area contributed by atoms with E-state index in [1.54, 1.807) is 6.92 Å². The highest BCUT2D eigenvalue weighted by molar-refractivity contribution is 5.73. The van der Waals surface area contributed by atoms with Crippen molar-refractivity contribution in [2.24, 2.45) is 0 Å². The third-order valence-electron chi connectivity index (χ3n) is 2.05. The molecule has 1 unspecified atom stereocenters. The van der Waals surface area contributed by atoms with Gasteiger partial charge in [0.15, 0.2) is 0 Å². The average Bonchev–Trinajstić information content (AvgIpc) is 2.27. The molecule has 1 aromatic rings. The topological polar surface area (TPSA) is 95.9 Å². The van der Waals surface area contributed by atoms with Crippen LogP contribution in [0.15, 0.2) is 30.3 Å². The van der Waals surface area contributed by atoms with Gasteiger partial charge in [-0.2, -0.15) is 0 Å². The van der Waals surface area contributed by atoms with Gasteiger partial charge in [-0.25, -0.2) is 0 Å². The number of carbonyl (C=O) groups excluding carboxylic acids is 1. The summed E-state index contributed by atoms with van der Waals surface area (Å²) >= 11 is 0. The van der Waals surface area contributed by atoms with E-state index < -0.39 is 11.7 Å². The zero-order chi connectivity index (χ0) is 15.6. The fourth-order valence-electron chi connectivity index (χ4n) is 1.33. The second-order valence-electron chi connectivity index (χ2n) is 4.39. The number of carbonyl (C=O) groups is 2. The molecule has 112 valence electrons. The van der Waals surface area contributed by atoms with Crippen molar-refractivity contribution in [1.82, 2.24) is 5.32 Å². The fourth-order valence-corrected chi connectivity index (χ4v) is 1.33. The van der Waals surface area contributed by atoms with E-state index in [1.165, 1.54) is 6.92 Å². The average molecular weight is 283 g/mol. The van der Waals surface area contributed by atoms with Crippen LogP contribution in [0.5, 0.6) is 5.75 Å². The summed E-state index contributed by atoms with van der Waals surface area (Å²) in [6.45, 7) is 4.34. The standard InChI is InChI=1S/C12H17NO3.C2H4O2/c1-10(14)13-12(2,15)8-9-16-11-6-4-3-5-7-11;1-2(3)4/h3-7,15H,8-9H2,1-2H3,(H,13,14);1H3,(H,3,4). The molecule has 0 saturated heterocycles. The van der Waals surface area contributed by atoms with Crippen LogP contribution in [0.1, 0.15) is 27.2 Å². The lowest BCUT2D eigenvalue weighted by atomic mass is 10.2. The van der Waals surface area contributed by atoms with Crippen LogP contribution in [-0.2, 0) is 9.59 Å². The zero-order valence-electron chi connectivity index (χ0n) is 11.9. The summed E-state index contributed by atoms with van der Waals surface area (Å²) in [4.78, 5) is 19.8. The quantitative estimate of drug-likeness (QED) is 0.710. The van der Waals surface area contributed by atoms with Crippen LogP contribution in [0.2, 0.25) is 0 Å². The van der Waals surface area contributed by atoms with Crippen molar-refractivity contribution in [3.05, 3.63) is 30.3 Å². The summed E-state index contributed by atoms with van der Waals surface area (Å²) in [5.41, 5.74) is -1.22. The first-order valence-electron chi connectivity index (χ1n) is 6.11. The van der Waals surface area contributed by atoms with Crippen molar-refractivity contribution < 1.29 is 24.5 Å². The molecule has 0 aliphatic heterocycles. The number of rotatable bonds is 5. The molecule has 0 spiro atoms. The molecule has 6 heteroatoms. The van der Waals surface area contributed by atoms with Gasteiger partial charge in [-0.3, -0.25) is 9.59 Å². The van der Waals surface area contributed by atoms with Gasteiger partial charge >= 0.3 is 0 Å². The number of nitrogens with one attached hydrogen (secondary N) is 1. The molecule has 0 aliphatic rings. The highest BCUT2D eigenvalue weighted by Crippen LogP contribution is 2.11. The molecule has 6 nitrogen and oxygen atoms in total. The first-order valence-corrected chi connectivity index (χ1v) is 6.11. The van der Waals surface area contributed by atoms with Crippen molar-refractivity contribution in [3.63, 3.8) is 0 Å². The van der Waals surface area contributed by atoms with Crippen molar-refractivity contribution in [2.75, 3.05) is 6.61 Å². The maximum atomic E-state index is 10.8. The number of ether oxygens (including phenoxy) is 1. The Hall–Kier alpha value is -2.08. The number of para-hydroxylation sites is 1. The van der Waals surface area contributed by atoms with Crippen LogP contribution >= 0.6 is 0 Å². The van der Waals surface area contributed by atoms with Crippen LogP contribution in [0, 0.1) is 0 Å². The van der Waals surface area contributed by atoms with Gasteiger partial charge in [0, 0.05) is 20.3 Å². The molecule has 0 radical (unpaired) electrons. The Balaban J connectivity index is 0.000000796. The van der Waals surface area contributed by atoms with E-state index in [2.05, 4.69) is 5.32 Å². The maximum absolute atomic E-state index is 10.8. The van der Waals surface area contributed by atoms with Gasteiger partial charge in [-0.15, -0.1) is 0 Å². The minimum Gasteiger partial charge on any atom is -0.493 e. The van der Waals surface area contributed by atoms with Gasteiger partial charge in [-0.1, -0.05) is 18.2 Å². The van der Waals surface area contributed by atoms with Crippen LogP contribution in [0.4, 0.5) is 0 Å². The second-order valence-corrected chi connectivity index (χ2v) is 4.39. The monoisotopic (exact) mass is 283 g/mol. The first kappa shape index (κ1) is 17.9. The predicted molar refractivity (Wildman–Crippen MR) is 74.3 cm³/mol. The third kappa shape index (κ3) is 11.0. The predicted octanol–water partition coefficient (Wildman–Crippen LogP) is 1.39. The Kier molecular flexibility index (Phi) is 8.00. The molecule has 1 atom stereocenters. The number of hydrogen-bond donors (Lipinski definition) is 3. The molecule has 3 N–H and O–H groups in total. The van der Waals surface area contributed by atoms with Gasteiger partial charge in [0.2, 0.25) is 5.91 Å². The van der Waals surface area contributed by atoms with Crippen LogP contribution in [-0.4, -0.2) is 34.4 Å². The molecule has 20 heavy (non-hydrogen) atoms. The molecule has 1 rings (SSSR count). The largest absolute Gasteiger partial charge is 0.493 e. The number of amides is 1. The molecule has 0 aromatic heterocycles. The lowest BCUT2D eigenvalue weighted by Gasteiger charge is -2.23. The Morgan fingerprint density at radius 3 is 2.20 bits per heavy atom. The number of carboxylic acid groups (broad SMARTS) is 1. The van der Waals surface area contributed by atoms with Crippen molar-refractivity contribution in [3.8, 4) is 5.75 Å². The summed E-state index contributed by atoms with van der Waals surface area (Å²) in [5.74, 6) is -0.342. The van der Waals surface area contributed by atoms with E-state index in [4.69, 9.17) is 14.6 Å². The molecular formula is C14H21NO5. The summed E-state index contributed by atoms with van der Waals surface area (Å²) in [7, 11) is 0. The Morgan fingerprint density at radius 1 is 1.25 bits per heavy atom. The summed E-state index contributed by atoms with van der Waals surface area (Å²) in [6, 6.07) is 9.34. The Labute approximate surface area is 118 Å². The first-order chi connectivity index (χ1) is 9.23. The molecule has 0 saturated carbocycles. The van der Waals surface area contributed by atoms with Gasteiger partial charge < -0.3 is 20.3 Å². The molecule has 0 heterocycles. The third-order valence-corrected chi connectivity index (χ3v) is 2.05. The highest BCUT2D eigenvalue weighted by atomic mass is 16.5. The summed E-state index contributed by atoms with van der Waals surface area (Å²) in [6.07, 6.45) is 0.335. The number of hydrogen-bond acceptors (Lipinski definition) is 4. The maximum Gasteiger partial charge on any atom is 0.300 e. The number of aliphatic hydroxyl groups is 1. The van der Waals surface area contributed by atoms with E-state index >= 15 is 0 Å². The van der Waals surface area contributed by atoms with Crippen molar-refractivity contribution >= 4 is 11.9 Å². The normalized spacial score (nSPS) is 12.4. The van der Waals surface area contributed by atoms with E-state index in [1.807, 2.05) is 30.3 Å². The summed E-state index contributed by atoms with van der Waals surface area (Å²) in [5, 5.41) is 19.6. The Morgan fingerprint density at radius 2 is 1.75 bits per heavy atom. The summed E-state index contributed by atoms with van der Waals surface area (Å²) < 4.78 is 5.41. The number of aliphatic carboxylic acids is 1. The van der Waals surface area contributed by atoms with E-state index in [-0.39, 0.29) is 5.91 Å². The van der Waals surface area contributed by atoms with E-state index in [9.17, 15) is 9.90 Å². The Bertz CT molecular complexity index is 413. The number of carboxylic acids is 1. The molecule has 0 fully saturated rings. The van der Waals surface area contributed by atoms with Crippen molar-refractivity contribution in [1.29, 1.82) is 0 Å². The SMILES string of the molecule is CC(=O)NC(C)(O)CCOc1ccccc1.CC(=O)O.